The minimum atomic E-state index is -1.15. The summed E-state index contributed by atoms with van der Waals surface area (Å²) in [5.41, 5.74) is 31.5. The molecule has 15 heteroatoms. The largest absolute Gasteiger partial charge is 0.345 e. The molecule has 2 atom stereocenters. The monoisotopic (exact) mass is 718 g/mol. The minimum absolute atomic E-state index is 0.0545. The number of Topliss-reactive ketones (excluding diaryl/α,β-unsaturated/α-hetero) is 1. The highest BCUT2D eigenvalue weighted by Gasteiger charge is 2.28. The molecule has 0 saturated carbocycles. The smallest absolute Gasteiger partial charge is 0.242 e. The van der Waals surface area contributed by atoms with E-state index in [-0.39, 0.29) is 77.4 Å². The first-order valence-corrected chi connectivity index (χ1v) is 17.7. The molecular formula is C37H54N10O5. The Labute approximate surface area is 305 Å². The van der Waals surface area contributed by atoms with E-state index in [4.69, 9.17) is 28.7 Å². The van der Waals surface area contributed by atoms with Gasteiger partial charge in [0.15, 0.2) is 5.78 Å². The standard InChI is InChI=1S/C37H54N10O5/c38-14-18-45(19-15-39)35(50)25-47(26-36(51)46(20-16-40)21-17-41)34(49)13-11-30(42)37(52)44-32(12-10-27-6-2-1-3-7-27)33(48)23-28-22-29-8-4-5-9-31(29)43-24-28/h1-9,22,24,30,32H,10-21,23,25-26,38-42H2,(H,44,52)/t30-,32-/m0/s1. The maximum Gasteiger partial charge on any atom is 0.242 e. The average Bonchev–Trinajstić information content (AvgIpc) is 3.14. The first-order chi connectivity index (χ1) is 25.1. The molecule has 0 radical (unpaired) electrons. The molecule has 3 aromatic rings. The maximum absolute atomic E-state index is 13.6. The molecule has 0 aliphatic carbocycles. The van der Waals surface area contributed by atoms with Crippen molar-refractivity contribution in [2.75, 3.05) is 65.4 Å². The van der Waals surface area contributed by atoms with Crippen LogP contribution in [0.5, 0.6) is 0 Å². The van der Waals surface area contributed by atoms with Crippen LogP contribution in [0.2, 0.25) is 0 Å². The van der Waals surface area contributed by atoms with Crippen molar-refractivity contribution in [2.45, 2.75) is 44.2 Å². The summed E-state index contributed by atoms with van der Waals surface area (Å²) in [6, 6.07) is 17.1. The van der Waals surface area contributed by atoms with Gasteiger partial charge >= 0.3 is 0 Å². The van der Waals surface area contributed by atoms with Crippen LogP contribution in [0.4, 0.5) is 0 Å². The van der Waals surface area contributed by atoms with Gasteiger partial charge in [0.05, 0.1) is 17.6 Å². The second kappa shape index (κ2) is 22.2. The lowest BCUT2D eigenvalue weighted by Gasteiger charge is -2.29. The number of rotatable bonds is 23. The van der Waals surface area contributed by atoms with E-state index < -0.39 is 48.8 Å². The Hall–Kier alpha value is -4.80. The van der Waals surface area contributed by atoms with E-state index >= 15 is 0 Å². The summed E-state index contributed by atoms with van der Waals surface area (Å²) in [4.78, 5) is 75.4. The van der Waals surface area contributed by atoms with Gasteiger partial charge in [0, 0.05) is 76.8 Å². The summed E-state index contributed by atoms with van der Waals surface area (Å²) < 4.78 is 0. The molecule has 2 aromatic carbocycles. The lowest BCUT2D eigenvalue weighted by molar-refractivity contribution is -0.145. The molecular weight excluding hydrogens is 664 g/mol. The van der Waals surface area contributed by atoms with E-state index in [1.807, 2.05) is 60.7 Å². The molecule has 0 aliphatic rings. The molecule has 0 saturated heterocycles. The highest BCUT2D eigenvalue weighted by molar-refractivity contribution is 5.93. The summed E-state index contributed by atoms with van der Waals surface area (Å²) in [5, 5.41) is 3.72. The molecule has 282 valence electrons. The number of nitrogens with zero attached hydrogens (tertiary/aromatic N) is 4. The Morgan fingerprint density at radius 3 is 1.81 bits per heavy atom. The number of benzene rings is 2. The zero-order chi connectivity index (χ0) is 37.9. The van der Waals surface area contributed by atoms with Crippen molar-refractivity contribution >= 4 is 40.3 Å². The van der Waals surface area contributed by atoms with E-state index in [0.29, 0.717) is 12.8 Å². The molecule has 0 aliphatic heterocycles. The molecule has 11 N–H and O–H groups in total. The van der Waals surface area contributed by atoms with Crippen LogP contribution in [0.1, 0.15) is 30.4 Å². The minimum Gasteiger partial charge on any atom is -0.345 e. The first-order valence-electron chi connectivity index (χ1n) is 17.7. The van der Waals surface area contributed by atoms with Gasteiger partial charge in [0.2, 0.25) is 23.6 Å². The fourth-order valence-electron chi connectivity index (χ4n) is 5.76. The van der Waals surface area contributed by atoms with Gasteiger partial charge in [0.25, 0.3) is 0 Å². The van der Waals surface area contributed by atoms with Crippen LogP contribution in [0, 0.1) is 0 Å². The zero-order valence-corrected chi connectivity index (χ0v) is 29.8. The SMILES string of the molecule is NCCN(CCN)C(=O)CN(CC(=O)N(CCN)CCN)C(=O)CC[C@H](N)C(=O)N[C@@H](CCc1ccccc1)C(=O)Cc1cnc2ccccc2c1. The molecule has 3 rings (SSSR count). The number of carbonyl (C=O) groups excluding carboxylic acids is 5. The molecule has 1 heterocycles. The number of aryl methyl sites for hydroxylation is 1. The predicted octanol–water partition coefficient (Wildman–Crippen LogP) is -1.11. The van der Waals surface area contributed by atoms with E-state index in [0.717, 1.165) is 26.9 Å². The number of amides is 4. The molecule has 52 heavy (non-hydrogen) atoms. The van der Waals surface area contributed by atoms with Crippen molar-refractivity contribution in [1.82, 2.24) is 25.0 Å². The third-order valence-corrected chi connectivity index (χ3v) is 8.61. The lowest BCUT2D eigenvalue weighted by Crippen LogP contribution is -2.51. The summed E-state index contributed by atoms with van der Waals surface area (Å²) in [7, 11) is 0. The van der Waals surface area contributed by atoms with E-state index in [9.17, 15) is 24.0 Å². The zero-order valence-electron chi connectivity index (χ0n) is 29.8. The number of pyridine rings is 1. The van der Waals surface area contributed by atoms with Gasteiger partial charge in [-0.25, -0.2) is 0 Å². The Bertz CT molecular complexity index is 1570. The number of hydrogen-bond acceptors (Lipinski definition) is 11. The molecule has 0 bridgehead atoms. The van der Waals surface area contributed by atoms with Crippen LogP contribution in [0.15, 0.2) is 66.9 Å². The molecule has 0 unspecified atom stereocenters. The highest BCUT2D eigenvalue weighted by Crippen LogP contribution is 2.15. The van der Waals surface area contributed by atoms with Gasteiger partial charge < -0.3 is 48.7 Å². The molecule has 0 spiro atoms. The molecule has 1 aromatic heterocycles. The first kappa shape index (κ1) is 41.6. The van der Waals surface area contributed by atoms with Crippen LogP contribution in [0.3, 0.4) is 0 Å². The highest BCUT2D eigenvalue weighted by atomic mass is 16.2. The quantitative estimate of drug-likeness (QED) is 0.0686. The number of fused-ring (bicyclic) bond motifs is 1. The molecule has 0 fully saturated rings. The predicted molar refractivity (Wildman–Crippen MR) is 200 cm³/mol. The van der Waals surface area contributed by atoms with Crippen molar-refractivity contribution in [2.24, 2.45) is 28.7 Å². The van der Waals surface area contributed by atoms with E-state index in [1.165, 1.54) is 9.80 Å². The van der Waals surface area contributed by atoms with Gasteiger partial charge in [0.1, 0.15) is 13.1 Å². The fourth-order valence-corrected chi connectivity index (χ4v) is 5.76. The van der Waals surface area contributed by atoms with Crippen LogP contribution < -0.4 is 34.0 Å². The third-order valence-electron chi connectivity index (χ3n) is 8.61. The van der Waals surface area contributed by atoms with E-state index in [2.05, 4.69) is 10.3 Å². The van der Waals surface area contributed by atoms with Crippen LogP contribution in [-0.2, 0) is 36.8 Å². The van der Waals surface area contributed by atoms with Crippen molar-refractivity contribution in [1.29, 1.82) is 0 Å². The number of nitrogens with one attached hydrogen (secondary N) is 1. The van der Waals surface area contributed by atoms with Crippen molar-refractivity contribution in [3.63, 3.8) is 0 Å². The number of para-hydroxylation sites is 1. The van der Waals surface area contributed by atoms with Crippen molar-refractivity contribution in [3.8, 4) is 0 Å². The lowest BCUT2D eigenvalue weighted by atomic mass is 9.97. The van der Waals surface area contributed by atoms with Crippen LogP contribution in [0.25, 0.3) is 10.9 Å². The number of aromatic nitrogens is 1. The van der Waals surface area contributed by atoms with Gasteiger partial charge in [-0.05, 0) is 42.5 Å². The normalized spacial score (nSPS) is 12.2. The number of ketones is 1. The second-order valence-electron chi connectivity index (χ2n) is 12.6. The van der Waals surface area contributed by atoms with Crippen LogP contribution >= 0.6 is 0 Å². The second-order valence-corrected chi connectivity index (χ2v) is 12.6. The average molecular weight is 719 g/mol. The molecule has 15 nitrogen and oxygen atoms in total. The number of hydrogen-bond donors (Lipinski definition) is 6. The third kappa shape index (κ3) is 13.4. The van der Waals surface area contributed by atoms with Gasteiger partial charge in [-0.1, -0.05) is 48.5 Å². The topological polar surface area (TPSA) is 250 Å². The van der Waals surface area contributed by atoms with Gasteiger partial charge in [-0.3, -0.25) is 29.0 Å². The van der Waals surface area contributed by atoms with Crippen molar-refractivity contribution < 1.29 is 24.0 Å². The van der Waals surface area contributed by atoms with Gasteiger partial charge in [-0.2, -0.15) is 0 Å². The molecule has 4 amide bonds. The Balaban J connectivity index is 1.71. The Kier molecular flexibility index (Phi) is 17.8. The fraction of sp³-hybridized carbons (Fsp3) is 0.459. The van der Waals surface area contributed by atoms with E-state index in [1.54, 1.807) is 6.20 Å². The van der Waals surface area contributed by atoms with Crippen LogP contribution in [-0.4, -0.2) is 127 Å². The number of carbonyl (C=O) groups is 5. The summed E-state index contributed by atoms with van der Waals surface area (Å²) in [5.74, 6) is -2.20. The Morgan fingerprint density at radius 2 is 1.23 bits per heavy atom. The van der Waals surface area contributed by atoms with Crippen molar-refractivity contribution in [3.05, 3.63) is 78.0 Å². The summed E-state index contributed by atoms with van der Waals surface area (Å²) in [6.45, 7) is 0.880. The maximum atomic E-state index is 13.6. The summed E-state index contributed by atoms with van der Waals surface area (Å²) >= 11 is 0. The van der Waals surface area contributed by atoms with Gasteiger partial charge in [-0.15, -0.1) is 0 Å². The summed E-state index contributed by atoms with van der Waals surface area (Å²) in [6.07, 6.45) is 2.26. The Morgan fingerprint density at radius 1 is 0.673 bits per heavy atom. The number of nitrogens with two attached hydrogens (primary N) is 5.